The molecule has 1 atom stereocenters. The lowest BCUT2D eigenvalue weighted by Crippen LogP contribution is -2.47. The van der Waals surface area contributed by atoms with Crippen molar-refractivity contribution in [3.8, 4) is 0 Å². The number of nitrogens with zero attached hydrogens (tertiary/aromatic N) is 1. The van der Waals surface area contributed by atoms with E-state index >= 15 is 0 Å². The van der Waals surface area contributed by atoms with Gasteiger partial charge in [-0.05, 0) is 24.6 Å². The lowest BCUT2D eigenvalue weighted by atomic mass is 10.2. The number of methoxy groups -OCH3 is 1. The quantitative estimate of drug-likeness (QED) is 0.794. The van der Waals surface area contributed by atoms with Gasteiger partial charge in [0.1, 0.15) is 6.04 Å². The number of ether oxygens (including phenoxy) is 1. The van der Waals surface area contributed by atoms with Crippen molar-refractivity contribution in [3.05, 3.63) is 29.8 Å². The molecule has 1 aromatic rings. The second-order valence-corrected chi connectivity index (χ2v) is 4.52. The highest BCUT2D eigenvalue weighted by Gasteiger charge is 2.25. The first-order valence-electron chi connectivity index (χ1n) is 6.25. The Morgan fingerprint density at radius 3 is 2.57 bits per heavy atom. The SMILES string of the molecule is COC(=O)C[C@H](NC(=O)N(C)c1cccc(C)c1)C(=O)O. The van der Waals surface area contributed by atoms with Crippen LogP contribution < -0.4 is 10.2 Å². The predicted octanol–water partition coefficient (Wildman–Crippen LogP) is 1.16. The van der Waals surface area contributed by atoms with Gasteiger partial charge in [-0.25, -0.2) is 9.59 Å². The molecule has 1 rings (SSSR count). The van der Waals surface area contributed by atoms with Gasteiger partial charge in [-0.15, -0.1) is 0 Å². The fraction of sp³-hybridized carbons (Fsp3) is 0.357. The van der Waals surface area contributed by atoms with Crippen molar-refractivity contribution < 1.29 is 24.2 Å². The second kappa shape index (κ2) is 7.28. The van der Waals surface area contributed by atoms with Gasteiger partial charge in [-0.3, -0.25) is 9.69 Å². The summed E-state index contributed by atoms with van der Waals surface area (Å²) in [5, 5.41) is 11.3. The lowest BCUT2D eigenvalue weighted by molar-refractivity contribution is -0.147. The summed E-state index contributed by atoms with van der Waals surface area (Å²) in [5.74, 6) is -2.01. The van der Waals surface area contributed by atoms with E-state index in [9.17, 15) is 14.4 Å². The molecule has 0 spiro atoms. The molecule has 0 aliphatic carbocycles. The zero-order valence-corrected chi connectivity index (χ0v) is 12.1. The molecule has 21 heavy (non-hydrogen) atoms. The molecular formula is C14H18N2O5. The summed E-state index contributed by atoms with van der Waals surface area (Å²) < 4.78 is 4.41. The van der Waals surface area contributed by atoms with Gasteiger partial charge >= 0.3 is 18.0 Å². The van der Waals surface area contributed by atoms with Crippen LogP contribution in [0.25, 0.3) is 0 Å². The predicted molar refractivity (Wildman–Crippen MR) is 76.2 cm³/mol. The molecular weight excluding hydrogens is 276 g/mol. The number of anilines is 1. The molecule has 2 N–H and O–H groups in total. The molecule has 0 saturated carbocycles. The number of carboxylic acids is 1. The second-order valence-electron chi connectivity index (χ2n) is 4.52. The fourth-order valence-electron chi connectivity index (χ4n) is 1.65. The third kappa shape index (κ3) is 4.79. The molecule has 7 nitrogen and oxygen atoms in total. The molecule has 0 radical (unpaired) electrons. The van der Waals surface area contributed by atoms with Gasteiger partial charge in [0.15, 0.2) is 0 Å². The zero-order valence-electron chi connectivity index (χ0n) is 12.1. The van der Waals surface area contributed by atoms with E-state index in [1.807, 2.05) is 13.0 Å². The number of hydrogen-bond acceptors (Lipinski definition) is 4. The van der Waals surface area contributed by atoms with Gasteiger partial charge in [0, 0.05) is 12.7 Å². The molecule has 0 bridgehead atoms. The van der Waals surface area contributed by atoms with Crippen LogP contribution in [0.3, 0.4) is 0 Å². The Kier molecular flexibility index (Phi) is 5.71. The number of hydrogen-bond donors (Lipinski definition) is 2. The summed E-state index contributed by atoms with van der Waals surface area (Å²) in [7, 11) is 2.67. The summed E-state index contributed by atoms with van der Waals surface area (Å²) in [5.41, 5.74) is 1.59. The molecule has 0 saturated heterocycles. The number of amides is 2. The van der Waals surface area contributed by atoms with E-state index in [0.29, 0.717) is 5.69 Å². The maximum absolute atomic E-state index is 12.0. The molecule has 114 valence electrons. The number of aryl methyl sites for hydroxylation is 1. The smallest absolute Gasteiger partial charge is 0.326 e. The summed E-state index contributed by atoms with van der Waals surface area (Å²) >= 11 is 0. The van der Waals surface area contributed by atoms with E-state index < -0.39 is 30.4 Å². The minimum absolute atomic E-state index is 0.431. The molecule has 7 heteroatoms. The van der Waals surface area contributed by atoms with Gasteiger partial charge in [-0.1, -0.05) is 12.1 Å². The first-order chi connectivity index (χ1) is 9.85. The minimum Gasteiger partial charge on any atom is -0.480 e. The van der Waals surface area contributed by atoms with Crippen LogP contribution in [0.15, 0.2) is 24.3 Å². The number of nitrogens with one attached hydrogen (secondary N) is 1. The van der Waals surface area contributed by atoms with Crippen LogP contribution in [0.4, 0.5) is 10.5 Å². The maximum atomic E-state index is 12.0. The minimum atomic E-state index is -1.34. The van der Waals surface area contributed by atoms with Gasteiger partial charge in [0.05, 0.1) is 13.5 Å². The van der Waals surface area contributed by atoms with Crippen molar-refractivity contribution in [2.24, 2.45) is 0 Å². The summed E-state index contributed by atoms with van der Waals surface area (Å²) in [6.07, 6.45) is -0.431. The molecule has 0 aromatic heterocycles. The Balaban J connectivity index is 2.77. The Morgan fingerprint density at radius 2 is 2.05 bits per heavy atom. The van der Waals surface area contributed by atoms with E-state index in [0.717, 1.165) is 12.7 Å². The number of esters is 1. The van der Waals surface area contributed by atoms with Gasteiger partial charge in [-0.2, -0.15) is 0 Å². The van der Waals surface area contributed by atoms with Crippen molar-refractivity contribution in [2.75, 3.05) is 19.1 Å². The maximum Gasteiger partial charge on any atom is 0.326 e. The molecule has 0 aliphatic heterocycles. The van der Waals surface area contributed by atoms with Crippen LogP contribution in [-0.4, -0.2) is 43.3 Å². The Hall–Kier alpha value is -2.57. The molecule has 0 aliphatic rings. The number of carbonyl (C=O) groups is 3. The molecule has 0 unspecified atom stereocenters. The van der Waals surface area contributed by atoms with Gasteiger partial charge in [0.25, 0.3) is 0 Å². The lowest BCUT2D eigenvalue weighted by Gasteiger charge is -2.21. The van der Waals surface area contributed by atoms with E-state index in [1.54, 1.807) is 18.2 Å². The highest BCUT2D eigenvalue weighted by atomic mass is 16.5. The van der Waals surface area contributed by atoms with Crippen molar-refractivity contribution in [1.29, 1.82) is 0 Å². The van der Waals surface area contributed by atoms with E-state index in [2.05, 4.69) is 10.1 Å². The largest absolute Gasteiger partial charge is 0.480 e. The number of aliphatic carboxylic acids is 1. The Bertz CT molecular complexity index is 544. The van der Waals surface area contributed by atoms with Crippen LogP contribution >= 0.6 is 0 Å². The summed E-state index contributed by atoms with van der Waals surface area (Å²) in [6.45, 7) is 1.88. The summed E-state index contributed by atoms with van der Waals surface area (Å²) in [6, 6.07) is 5.23. The number of rotatable bonds is 5. The van der Waals surface area contributed by atoms with Crippen molar-refractivity contribution in [3.63, 3.8) is 0 Å². The molecule has 0 heterocycles. The number of urea groups is 1. The Labute approximate surface area is 122 Å². The zero-order chi connectivity index (χ0) is 16.0. The Morgan fingerprint density at radius 1 is 1.38 bits per heavy atom. The average molecular weight is 294 g/mol. The molecule has 1 aromatic carbocycles. The van der Waals surface area contributed by atoms with Crippen LogP contribution in [0.5, 0.6) is 0 Å². The van der Waals surface area contributed by atoms with E-state index in [4.69, 9.17) is 5.11 Å². The summed E-state index contributed by atoms with van der Waals surface area (Å²) in [4.78, 5) is 35.5. The first kappa shape index (κ1) is 16.5. The average Bonchev–Trinajstić information content (AvgIpc) is 2.45. The molecule has 0 fully saturated rings. The first-order valence-corrected chi connectivity index (χ1v) is 6.25. The van der Waals surface area contributed by atoms with Crippen LogP contribution in [0.1, 0.15) is 12.0 Å². The third-order valence-electron chi connectivity index (χ3n) is 2.89. The monoisotopic (exact) mass is 294 g/mol. The van der Waals surface area contributed by atoms with E-state index in [1.165, 1.54) is 11.9 Å². The third-order valence-corrected chi connectivity index (χ3v) is 2.89. The number of carbonyl (C=O) groups excluding carboxylic acids is 2. The number of carboxylic acid groups (broad SMARTS) is 1. The topological polar surface area (TPSA) is 95.9 Å². The van der Waals surface area contributed by atoms with Gasteiger partial charge < -0.3 is 15.2 Å². The standard InChI is InChI=1S/C14H18N2O5/c1-9-5-4-6-10(7-9)16(2)14(20)15-11(13(18)19)8-12(17)21-3/h4-7,11H,8H2,1-3H3,(H,15,20)(H,18,19)/t11-/m0/s1. The van der Waals surface area contributed by atoms with E-state index in [-0.39, 0.29) is 0 Å². The highest BCUT2D eigenvalue weighted by molar-refractivity contribution is 5.95. The van der Waals surface area contributed by atoms with Gasteiger partial charge in [0.2, 0.25) is 0 Å². The number of benzene rings is 1. The normalized spacial score (nSPS) is 11.4. The van der Waals surface area contributed by atoms with Crippen molar-refractivity contribution in [2.45, 2.75) is 19.4 Å². The van der Waals surface area contributed by atoms with Crippen LogP contribution in [0, 0.1) is 6.92 Å². The fourth-order valence-corrected chi connectivity index (χ4v) is 1.65. The van der Waals surface area contributed by atoms with Crippen LogP contribution in [0.2, 0.25) is 0 Å². The highest BCUT2D eigenvalue weighted by Crippen LogP contribution is 2.14. The van der Waals surface area contributed by atoms with Crippen molar-refractivity contribution >= 4 is 23.7 Å². The molecule has 2 amide bonds. The van der Waals surface area contributed by atoms with Crippen LogP contribution in [-0.2, 0) is 14.3 Å². The van der Waals surface area contributed by atoms with Crippen molar-refractivity contribution in [1.82, 2.24) is 5.32 Å².